The number of nitrogens with zero attached hydrogens (tertiary/aromatic N) is 1. The number of likely N-dealkylation sites (tertiary alicyclic amines) is 1. The summed E-state index contributed by atoms with van der Waals surface area (Å²) >= 11 is 0. The Balaban J connectivity index is 1.50. The molecule has 31 heavy (non-hydrogen) atoms. The van der Waals surface area contributed by atoms with Crippen LogP contribution >= 0.6 is 0 Å². The van der Waals surface area contributed by atoms with E-state index >= 15 is 0 Å². The summed E-state index contributed by atoms with van der Waals surface area (Å²) in [7, 11) is -1.87. The number of hydrogen-bond acceptors (Lipinski definition) is 6. The predicted octanol–water partition coefficient (Wildman–Crippen LogP) is 2.57. The minimum atomic E-state index is -4.02. The summed E-state index contributed by atoms with van der Waals surface area (Å²) in [6.07, 6.45) is 4.53. The van der Waals surface area contributed by atoms with Crippen LogP contribution < -0.4 is 8.92 Å². The minimum Gasteiger partial charge on any atom is -0.482 e. The van der Waals surface area contributed by atoms with Gasteiger partial charge in [-0.3, -0.25) is 0 Å². The van der Waals surface area contributed by atoms with E-state index in [9.17, 15) is 13.5 Å². The molecule has 6 rings (SSSR count). The van der Waals surface area contributed by atoms with Crippen LogP contribution in [0.2, 0.25) is 0 Å². The molecule has 7 heteroatoms. The van der Waals surface area contributed by atoms with Gasteiger partial charge in [0.05, 0.1) is 0 Å². The van der Waals surface area contributed by atoms with E-state index in [4.69, 9.17) is 8.92 Å². The van der Waals surface area contributed by atoms with Crippen molar-refractivity contribution in [3.8, 4) is 11.5 Å². The van der Waals surface area contributed by atoms with E-state index in [1.54, 1.807) is 37.3 Å². The molecule has 1 spiro atoms. The molecule has 0 aromatic heterocycles. The van der Waals surface area contributed by atoms with Gasteiger partial charge in [0.2, 0.25) is 0 Å². The zero-order chi connectivity index (χ0) is 21.5. The largest absolute Gasteiger partial charge is 0.482 e. The van der Waals surface area contributed by atoms with Crippen LogP contribution in [0.3, 0.4) is 0 Å². The lowest BCUT2D eigenvalue weighted by Gasteiger charge is -2.56. The summed E-state index contributed by atoms with van der Waals surface area (Å²) in [6.45, 7) is 2.66. The van der Waals surface area contributed by atoms with Crippen LogP contribution in [0.1, 0.15) is 23.1 Å². The number of aliphatic hydroxyl groups is 1. The molecule has 0 unspecified atom stereocenters. The summed E-state index contributed by atoms with van der Waals surface area (Å²) in [6, 6.07) is 10.8. The van der Waals surface area contributed by atoms with E-state index in [2.05, 4.69) is 18.0 Å². The van der Waals surface area contributed by atoms with Crippen LogP contribution in [0.4, 0.5) is 0 Å². The second-order valence-electron chi connectivity index (χ2n) is 9.21. The number of ether oxygens (including phenoxy) is 1. The fourth-order valence-corrected chi connectivity index (χ4v) is 7.46. The van der Waals surface area contributed by atoms with E-state index in [-0.39, 0.29) is 22.0 Å². The Bertz CT molecular complexity index is 1220. The normalized spacial score (nSPS) is 33.0. The zero-order valence-electron chi connectivity index (χ0n) is 17.5. The Morgan fingerprint density at radius 2 is 2.00 bits per heavy atom. The van der Waals surface area contributed by atoms with E-state index in [1.165, 1.54) is 0 Å². The van der Waals surface area contributed by atoms with Crippen LogP contribution in [0.15, 0.2) is 53.4 Å². The first-order valence-corrected chi connectivity index (χ1v) is 12.1. The maximum atomic E-state index is 13.1. The molecule has 5 atom stereocenters. The molecule has 0 saturated carbocycles. The molecule has 1 fully saturated rings. The van der Waals surface area contributed by atoms with Gasteiger partial charge < -0.3 is 18.9 Å². The molecule has 2 bridgehead atoms. The quantitative estimate of drug-likeness (QED) is 0.585. The highest BCUT2D eigenvalue weighted by atomic mass is 32.2. The number of piperidine rings is 1. The second kappa shape index (κ2) is 6.34. The molecule has 2 aliphatic heterocycles. The van der Waals surface area contributed by atoms with Gasteiger partial charge >= 0.3 is 10.1 Å². The number of aliphatic hydroxyl groups excluding tert-OH is 1. The van der Waals surface area contributed by atoms with Crippen molar-refractivity contribution < 1.29 is 22.4 Å². The number of aryl methyl sites for hydroxylation is 1. The molecule has 1 saturated heterocycles. The van der Waals surface area contributed by atoms with Crippen molar-refractivity contribution >= 4 is 10.1 Å². The second-order valence-corrected chi connectivity index (χ2v) is 10.7. The van der Waals surface area contributed by atoms with Gasteiger partial charge in [-0.15, -0.1) is 0 Å². The van der Waals surface area contributed by atoms with Crippen LogP contribution in [0, 0.1) is 12.8 Å². The standard InChI is InChI=1S/C24H25NO5S/c1-14-5-3-4-6-20(14)31(27,28)30-19-10-7-15-13-17-16-8-9-18(26)23-24(16,11-12-25(17)2)21(15)22(19)29-23/h3-10,16-18,23,26H,11-13H2,1-2H3/t16-,17+,18-,23-,24-/m0/s1. The first-order valence-electron chi connectivity index (χ1n) is 10.7. The lowest BCUT2D eigenvalue weighted by Crippen LogP contribution is -2.64. The monoisotopic (exact) mass is 439 g/mol. The summed E-state index contributed by atoms with van der Waals surface area (Å²) in [5.74, 6) is 0.904. The van der Waals surface area contributed by atoms with Gasteiger partial charge in [-0.25, -0.2) is 0 Å². The van der Waals surface area contributed by atoms with Crippen LogP contribution in [0.5, 0.6) is 11.5 Å². The first-order chi connectivity index (χ1) is 14.8. The number of rotatable bonds is 3. The van der Waals surface area contributed by atoms with Crippen molar-refractivity contribution in [2.45, 2.75) is 48.3 Å². The molecule has 2 aliphatic carbocycles. The Morgan fingerprint density at radius 3 is 2.81 bits per heavy atom. The van der Waals surface area contributed by atoms with Gasteiger partial charge in [-0.1, -0.05) is 36.4 Å². The van der Waals surface area contributed by atoms with E-state index in [1.807, 2.05) is 12.1 Å². The number of likely N-dealkylation sites (N-methyl/N-ethyl adjacent to an activating group) is 1. The lowest BCUT2D eigenvalue weighted by atomic mass is 9.53. The van der Waals surface area contributed by atoms with Crippen molar-refractivity contribution in [1.82, 2.24) is 4.90 Å². The topological polar surface area (TPSA) is 76.1 Å². The lowest BCUT2D eigenvalue weighted by molar-refractivity contribution is -0.0452. The van der Waals surface area contributed by atoms with Crippen molar-refractivity contribution in [3.63, 3.8) is 0 Å². The number of hydrogen-bond donors (Lipinski definition) is 1. The maximum absolute atomic E-state index is 13.1. The summed E-state index contributed by atoms with van der Waals surface area (Å²) in [4.78, 5) is 2.54. The molecule has 2 aromatic rings. The van der Waals surface area contributed by atoms with Crippen LogP contribution in [-0.4, -0.2) is 50.3 Å². The van der Waals surface area contributed by atoms with Crippen LogP contribution in [-0.2, 0) is 22.0 Å². The van der Waals surface area contributed by atoms with E-state index < -0.39 is 22.3 Å². The molecule has 0 amide bonds. The Hall–Kier alpha value is -2.35. The van der Waals surface area contributed by atoms with Gasteiger partial charge in [0.1, 0.15) is 17.1 Å². The van der Waals surface area contributed by atoms with Gasteiger partial charge in [0.25, 0.3) is 0 Å². The minimum absolute atomic E-state index is 0.146. The third-order valence-corrected chi connectivity index (χ3v) is 9.09. The highest BCUT2D eigenvalue weighted by Crippen LogP contribution is 2.62. The first kappa shape index (κ1) is 19.3. The molecular weight excluding hydrogens is 414 g/mol. The summed E-state index contributed by atoms with van der Waals surface area (Å²) in [5, 5.41) is 10.8. The van der Waals surface area contributed by atoms with E-state index in [0.29, 0.717) is 17.4 Å². The fourth-order valence-electron chi connectivity index (χ4n) is 6.29. The zero-order valence-corrected chi connectivity index (χ0v) is 18.3. The van der Waals surface area contributed by atoms with Crippen molar-refractivity contribution in [2.75, 3.05) is 13.6 Å². The fraction of sp³-hybridized carbons (Fsp3) is 0.417. The molecule has 2 aromatic carbocycles. The van der Waals surface area contributed by atoms with E-state index in [0.717, 1.165) is 30.5 Å². The van der Waals surface area contributed by atoms with Crippen molar-refractivity contribution in [2.24, 2.45) is 5.92 Å². The van der Waals surface area contributed by atoms with Crippen LogP contribution in [0.25, 0.3) is 0 Å². The van der Waals surface area contributed by atoms with Gasteiger partial charge in [-0.05, 0) is 56.6 Å². The molecular formula is C24H25NO5S. The number of benzene rings is 2. The summed E-state index contributed by atoms with van der Waals surface area (Å²) in [5.41, 5.74) is 2.48. The summed E-state index contributed by atoms with van der Waals surface area (Å²) < 4.78 is 38.2. The maximum Gasteiger partial charge on any atom is 0.339 e. The molecule has 0 radical (unpaired) electrons. The highest BCUT2D eigenvalue weighted by molar-refractivity contribution is 7.87. The van der Waals surface area contributed by atoms with Gasteiger partial charge in [-0.2, -0.15) is 8.42 Å². The third-order valence-electron chi connectivity index (χ3n) is 7.70. The molecule has 4 aliphatic rings. The molecule has 6 nitrogen and oxygen atoms in total. The smallest absolute Gasteiger partial charge is 0.339 e. The average molecular weight is 440 g/mol. The Kier molecular flexibility index (Phi) is 3.96. The Labute approximate surface area is 182 Å². The molecule has 1 N–H and O–H groups in total. The third kappa shape index (κ3) is 2.48. The van der Waals surface area contributed by atoms with Gasteiger partial charge in [0, 0.05) is 22.9 Å². The highest BCUT2D eigenvalue weighted by Gasteiger charge is 2.64. The molecule has 2 heterocycles. The van der Waals surface area contributed by atoms with Crippen molar-refractivity contribution in [1.29, 1.82) is 0 Å². The van der Waals surface area contributed by atoms with Crippen molar-refractivity contribution in [3.05, 3.63) is 65.2 Å². The Morgan fingerprint density at radius 1 is 1.19 bits per heavy atom. The van der Waals surface area contributed by atoms with Gasteiger partial charge in [0.15, 0.2) is 11.5 Å². The predicted molar refractivity (Wildman–Crippen MR) is 115 cm³/mol. The average Bonchev–Trinajstić information content (AvgIpc) is 3.09. The molecule has 162 valence electrons. The SMILES string of the molecule is Cc1ccccc1S(=O)(=O)Oc1ccc2c3c1O[C@H]1[C@@H](O)C=C[C@H]4[C@@H](C2)N(C)CC[C@@]341.